The van der Waals surface area contributed by atoms with Crippen molar-refractivity contribution in [1.29, 1.82) is 0 Å². The molecule has 28 heavy (non-hydrogen) atoms. The molecule has 3 rings (SSSR count). The predicted octanol–water partition coefficient (Wildman–Crippen LogP) is 2.91. The number of ether oxygens (including phenoxy) is 2. The van der Waals surface area contributed by atoms with E-state index in [0.717, 1.165) is 29.7 Å². The average Bonchev–Trinajstić information content (AvgIpc) is 2.68. The summed E-state index contributed by atoms with van der Waals surface area (Å²) in [6.45, 7) is 0. The molecule has 8 heteroatoms. The molecule has 0 aromatic heterocycles. The Kier molecular flexibility index (Phi) is 7.40. The standard InChI is InChI=1S/C20H21N3O4.ClH/c1-26-19(24)11-17-8-6-15-10-16(7-9-18(15)27-17)23-20(25)14-4-2-13(3-5-14)12-22-21;/h2-5,7,9-10,12,17H,6,8,11,21H2,1H3,(H,23,25);1H. The van der Waals surface area contributed by atoms with Gasteiger partial charge in [-0.3, -0.25) is 9.59 Å². The highest BCUT2D eigenvalue weighted by molar-refractivity contribution is 6.04. The summed E-state index contributed by atoms with van der Waals surface area (Å²) in [7, 11) is 1.37. The van der Waals surface area contributed by atoms with E-state index in [1.807, 2.05) is 12.1 Å². The Morgan fingerprint density at radius 2 is 2.04 bits per heavy atom. The van der Waals surface area contributed by atoms with Crippen LogP contribution in [0.1, 0.15) is 34.3 Å². The molecular weight excluding hydrogens is 382 g/mol. The lowest BCUT2D eigenvalue weighted by atomic mass is 10.00. The zero-order valence-corrected chi connectivity index (χ0v) is 16.2. The first-order chi connectivity index (χ1) is 13.1. The molecule has 148 valence electrons. The molecule has 0 fully saturated rings. The number of aryl methyl sites for hydroxylation is 1. The summed E-state index contributed by atoms with van der Waals surface area (Å²) in [6.07, 6.45) is 3.07. The number of anilines is 1. The third-order valence-electron chi connectivity index (χ3n) is 4.37. The number of esters is 1. The van der Waals surface area contributed by atoms with Crippen LogP contribution in [0.5, 0.6) is 5.75 Å². The van der Waals surface area contributed by atoms with Gasteiger partial charge in [0.25, 0.3) is 5.91 Å². The summed E-state index contributed by atoms with van der Waals surface area (Å²) < 4.78 is 10.5. The largest absolute Gasteiger partial charge is 0.490 e. The van der Waals surface area contributed by atoms with Gasteiger partial charge in [0, 0.05) is 11.3 Å². The van der Waals surface area contributed by atoms with Gasteiger partial charge in [0.1, 0.15) is 11.9 Å². The molecule has 1 amide bonds. The summed E-state index contributed by atoms with van der Waals surface area (Å²) in [5.74, 6) is 5.36. The number of nitrogens with zero attached hydrogens (tertiary/aromatic N) is 1. The van der Waals surface area contributed by atoms with Gasteiger partial charge in [0.2, 0.25) is 0 Å². The van der Waals surface area contributed by atoms with Crippen molar-refractivity contribution in [3.63, 3.8) is 0 Å². The minimum atomic E-state index is -0.281. The van der Waals surface area contributed by atoms with Crippen LogP contribution in [-0.4, -0.2) is 31.3 Å². The minimum absolute atomic E-state index is 0. The molecule has 7 nitrogen and oxygen atoms in total. The zero-order chi connectivity index (χ0) is 19.2. The van der Waals surface area contributed by atoms with E-state index < -0.39 is 0 Å². The molecule has 0 radical (unpaired) electrons. The summed E-state index contributed by atoms with van der Waals surface area (Å²) >= 11 is 0. The van der Waals surface area contributed by atoms with E-state index >= 15 is 0 Å². The Balaban J connectivity index is 0.00000280. The second kappa shape index (κ2) is 9.75. The summed E-state index contributed by atoms with van der Waals surface area (Å²) in [5.41, 5.74) is 3.06. The molecule has 1 unspecified atom stereocenters. The first kappa shape index (κ1) is 21.2. The number of hydrogen-bond acceptors (Lipinski definition) is 6. The molecule has 1 aliphatic rings. The third-order valence-corrected chi connectivity index (χ3v) is 4.37. The van der Waals surface area contributed by atoms with E-state index in [9.17, 15) is 9.59 Å². The molecule has 1 aliphatic heterocycles. The first-order valence-electron chi connectivity index (χ1n) is 8.60. The zero-order valence-electron chi connectivity index (χ0n) is 15.4. The molecule has 0 aliphatic carbocycles. The average molecular weight is 404 g/mol. The number of nitrogens with one attached hydrogen (secondary N) is 1. The Morgan fingerprint density at radius 1 is 1.29 bits per heavy atom. The number of fused-ring (bicyclic) bond motifs is 1. The Morgan fingerprint density at radius 3 is 2.71 bits per heavy atom. The maximum atomic E-state index is 12.4. The van der Waals surface area contributed by atoms with Crippen LogP contribution in [0.25, 0.3) is 0 Å². The van der Waals surface area contributed by atoms with Gasteiger partial charge in [0.05, 0.1) is 19.7 Å². The smallest absolute Gasteiger partial charge is 0.309 e. The highest BCUT2D eigenvalue weighted by atomic mass is 35.5. The second-order valence-corrected chi connectivity index (χ2v) is 6.24. The van der Waals surface area contributed by atoms with Gasteiger partial charge in [-0.1, -0.05) is 12.1 Å². The van der Waals surface area contributed by atoms with Crippen molar-refractivity contribution >= 4 is 36.2 Å². The highest BCUT2D eigenvalue weighted by Crippen LogP contribution is 2.31. The van der Waals surface area contributed by atoms with E-state index in [-0.39, 0.29) is 36.8 Å². The molecule has 0 spiro atoms. The van der Waals surface area contributed by atoms with Crippen LogP contribution in [-0.2, 0) is 16.0 Å². The second-order valence-electron chi connectivity index (χ2n) is 6.24. The number of hydrogen-bond donors (Lipinski definition) is 2. The quantitative estimate of drug-likeness (QED) is 0.346. The summed E-state index contributed by atoms with van der Waals surface area (Å²) in [5, 5.41) is 6.34. The normalized spacial score (nSPS) is 15.1. The van der Waals surface area contributed by atoms with E-state index in [1.165, 1.54) is 13.3 Å². The topological polar surface area (TPSA) is 103 Å². The summed E-state index contributed by atoms with van der Waals surface area (Å²) in [4.78, 5) is 23.8. The minimum Gasteiger partial charge on any atom is -0.490 e. The summed E-state index contributed by atoms with van der Waals surface area (Å²) in [6, 6.07) is 12.5. The van der Waals surface area contributed by atoms with Crippen molar-refractivity contribution in [1.82, 2.24) is 0 Å². The monoisotopic (exact) mass is 403 g/mol. The number of benzene rings is 2. The van der Waals surface area contributed by atoms with E-state index in [1.54, 1.807) is 30.3 Å². The number of methoxy groups -OCH3 is 1. The van der Waals surface area contributed by atoms with Gasteiger partial charge < -0.3 is 20.6 Å². The van der Waals surface area contributed by atoms with Crippen molar-refractivity contribution in [2.75, 3.05) is 12.4 Å². The van der Waals surface area contributed by atoms with Crippen LogP contribution in [0.3, 0.4) is 0 Å². The molecule has 3 N–H and O–H groups in total. The van der Waals surface area contributed by atoms with Crippen LogP contribution in [0.2, 0.25) is 0 Å². The SMILES string of the molecule is COC(=O)CC1CCc2cc(NC(=O)c3ccc(C=NN)cc3)ccc2O1.Cl. The number of amides is 1. The van der Waals surface area contributed by atoms with Gasteiger partial charge in [-0.2, -0.15) is 5.10 Å². The molecule has 2 aromatic carbocycles. The van der Waals surface area contributed by atoms with Crippen molar-refractivity contribution in [3.05, 3.63) is 59.2 Å². The van der Waals surface area contributed by atoms with Gasteiger partial charge in [0.15, 0.2) is 0 Å². The Hall–Kier alpha value is -3.06. The maximum Gasteiger partial charge on any atom is 0.309 e. The molecule has 1 heterocycles. The molecule has 0 saturated carbocycles. The number of carbonyl (C=O) groups is 2. The van der Waals surface area contributed by atoms with E-state index in [0.29, 0.717) is 11.3 Å². The van der Waals surface area contributed by atoms with Crippen LogP contribution >= 0.6 is 12.4 Å². The fourth-order valence-electron chi connectivity index (χ4n) is 2.95. The first-order valence-corrected chi connectivity index (χ1v) is 8.60. The molecule has 2 aromatic rings. The Bertz CT molecular complexity index is 868. The fraction of sp³-hybridized carbons (Fsp3) is 0.250. The third kappa shape index (κ3) is 5.23. The molecule has 0 saturated heterocycles. The van der Waals surface area contributed by atoms with Crippen LogP contribution in [0, 0.1) is 0 Å². The van der Waals surface area contributed by atoms with Crippen LogP contribution < -0.4 is 15.9 Å². The lowest BCUT2D eigenvalue weighted by molar-refractivity contribution is -0.142. The van der Waals surface area contributed by atoms with Crippen molar-refractivity contribution < 1.29 is 19.1 Å². The highest BCUT2D eigenvalue weighted by Gasteiger charge is 2.23. The lowest BCUT2D eigenvalue weighted by Crippen LogP contribution is -2.26. The van der Waals surface area contributed by atoms with E-state index in [4.69, 9.17) is 10.6 Å². The fourth-order valence-corrected chi connectivity index (χ4v) is 2.95. The predicted molar refractivity (Wildman–Crippen MR) is 109 cm³/mol. The van der Waals surface area contributed by atoms with Crippen molar-refractivity contribution in [2.45, 2.75) is 25.4 Å². The van der Waals surface area contributed by atoms with E-state index in [2.05, 4.69) is 15.2 Å². The molecule has 0 bridgehead atoms. The van der Waals surface area contributed by atoms with Crippen molar-refractivity contribution in [3.8, 4) is 5.75 Å². The number of carbonyl (C=O) groups excluding carboxylic acids is 2. The number of rotatable bonds is 5. The Labute approximate surface area is 169 Å². The number of hydrazone groups is 1. The number of nitrogens with two attached hydrogens (primary N) is 1. The van der Waals surface area contributed by atoms with Gasteiger partial charge >= 0.3 is 5.97 Å². The lowest BCUT2D eigenvalue weighted by Gasteiger charge is -2.25. The van der Waals surface area contributed by atoms with Crippen LogP contribution in [0.15, 0.2) is 47.6 Å². The number of halogens is 1. The van der Waals surface area contributed by atoms with Crippen LogP contribution in [0.4, 0.5) is 5.69 Å². The maximum absolute atomic E-state index is 12.4. The van der Waals surface area contributed by atoms with Gasteiger partial charge in [-0.25, -0.2) is 0 Å². The van der Waals surface area contributed by atoms with Crippen molar-refractivity contribution in [2.24, 2.45) is 10.9 Å². The molecule has 1 atom stereocenters. The van der Waals surface area contributed by atoms with Gasteiger partial charge in [-0.05, 0) is 54.3 Å². The van der Waals surface area contributed by atoms with Gasteiger partial charge in [-0.15, -0.1) is 12.4 Å². The molecular formula is C20H22ClN3O4.